The Kier molecular flexibility index (Phi) is 2.30. The Bertz CT molecular complexity index is 438. The summed E-state index contributed by atoms with van der Waals surface area (Å²) in [5.74, 6) is 0. The van der Waals surface area contributed by atoms with Crippen LogP contribution in [0.2, 0.25) is 0 Å². The predicted octanol–water partition coefficient (Wildman–Crippen LogP) is 0.442. The Morgan fingerprint density at radius 2 is 2.15 bits per heavy atom. The molecule has 0 bridgehead atoms. The van der Waals surface area contributed by atoms with Crippen LogP contribution < -0.4 is 0 Å². The number of nitro groups is 1. The summed E-state index contributed by atoms with van der Waals surface area (Å²) in [7, 11) is -4.47. The number of non-ortho nitro benzene ring substituents is 1. The van der Waals surface area contributed by atoms with Crippen molar-refractivity contribution >= 4 is 15.8 Å². The maximum Gasteiger partial charge on any atom is 0.296 e. The zero-order valence-corrected chi connectivity index (χ0v) is 6.91. The number of nitrogens with zero attached hydrogens (tertiary/aromatic N) is 1. The fraction of sp³-hybridized carbons (Fsp3) is 0. The van der Waals surface area contributed by atoms with Crippen LogP contribution in [0.25, 0.3) is 0 Å². The average Bonchev–Trinajstić information content (AvgIpc) is 2.03. The third-order valence-corrected chi connectivity index (χ3v) is 1.89. The minimum atomic E-state index is -4.47. The molecule has 0 aliphatic carbocycles. The fourth-order valence-electron chi connectivity index (χ4n) is 0.636. The maximum absolute atomic E-state index is 10.5. The zero-order valence-electron chi connectivity index (χ0n) is 6.09. The minimum absolute atomic E-state index is 0.536. The van der Waals surface area contributed by atoms with Crippen molar-refractivity contribution < 1.29 is 17.9 Å². The molecular weight excluding hydrogens is 198 g/mol. The second-order valence-corrected chi connectivity index (χ2v) is 3.41. The molecule has 1 N–H and O–H groups in total. The molecule has 0 aliphatic heterocycles. The average molecular weight is 201 g/mol. The summed E-state index contributed by atoms with van der Waals surface area (Å²) in [5, 5.41) is 10.2. The highest BCUT2D eigenvalue weighted by atomic mass is 32.2. The van der Waals surface area contributed by atoms with Gasteiger partial charge < -0.3 is 0 Å². The molecule has 0 aromatic heterocycles. The topological polar surface area (TPSA) is 97.5 Å². The first-order valence-electron chi connectivity index (χ1n) is 2.97. The van der Waals surface area contributed by atoms with E-state index in [4.69, 9.17) is 4.55 Å². The van der Waals surface area contributed by atoms with E-state index in [-0.39, 0.29) is 0 Å². The Morgan fingerprint density at radius 1 is 1.54 bits per heavy atom. The SMILES string of the molecule is O=[N+]([O-])c1[c]c(S(=O)(=O)O)[c]cc1. The summed E-state index contributed by atoms with van der Waals surface area (Å²) >= 11 is 0. The van der Waals surface area contributed by atoms with Crippen molar-refractivity contribution in [1.29, 1.82) is 0 Å². The van der Waals surface area contributed by atoms with Crippen LogP contribution in [0.4, 0.5) is 5.69 Å². The van der Waals surface area contributed by atoms with Crippen molar-refractivity contribution in [2.45, 2.75) is 4.90 Å². The zero-order chi connectivity index (χ0) is 10.1. The summed E-state index contributed by atoms with van der Waals surface area (Å²) in [6, 6.07) is 6.04. The van der Waals surface area contributed by atoms with E-state index in [0.29, 0.717) is 0 Å². The molecule has 0 fully saturated rings. The van der Waals surface area contributed by atoms with Gasteiger partial charge in [-0.2, -0.15) is 8.42 Å². The molecular formula is C6H3NO5S. The Labute approximate surface area is 73.7 Å². The molecule has 1 aromatic carbocycles. The molecule has 2 radical (unpaired) electrons. The number of hydrogen-bond acceptors (Lipinski definition) is 4. The molecule has 0 heterocycles. The van der Waals surface area contributed by atoms with Gasteiger partial charge in [0.05, 0.1) is 11.0 Å². The van der Waals surface area contributed by atoms with E-state index in [0.717, 1.165) is 12.1 Å². The first kappa shape index (κ1) is 9.62. The molecule has 1 rings (SSSR count). The molecule has 0 atom stereocenters. The summed E-state index contributed by atoms with van der Waals surface area (Å²) in [5.41, 5.74) is -0.536. The molecule has 0 amide bonds. The molecule has 0 saturated carbocycles. The van der Waals surface area contributed by atoms with E-state index in [2.05, 4.69) is 6.07 Å². The lowest BCUT2D eigenvalue weighted by Gasteiger charge is -1.94. The second-order valence-electron chi connectivity index (χ2n) is 2.05. The predicted molar refractivity (Wildman–Crippen MR) is 40.6 cm³/mol. The van der Waals surface area contributed by atoms with Gasteiger partial charge in [0.1, 0.15) is 4.90 Å². The molecule has 0 saturated heterocycles. The first-order valence-corrected chi connectivity index (χ1v) is 4.41. The highest BCUT2D eigenvalue weighted by Gasteiger charge is 2.15. The number of nitro benzene ring substituents is 1. The molecule has 6 nitrogen and oxygen atoms in total. The molecule has 0 unspecified atom stereocenters. The maximum atomic E-state index is 10.5. The molecule has 13 heavy (non-hydrogen) atoms. The molecule has 0 aliphatic rings. The lowest BCUT2D eigenvalue weighted by Crippen LogP contribution is -1.99. The summed E-state index contributed by atoms with van der Waals surface area (Å²) in [6.07, 6.45) is 0. The first-order chi connectivity index (χ1) is 5.91. The van der Waals surface area contributed by atoms with E-state index < -0.39 is 25.6 Å². The molecule has 1 aromatic rings. The van der Waals surface area contributed by atoms with E-state index >= 15 is 0 Å². The minimum Gasteiger partial charge on any atom is -0.282 e. The van der Waals surface area contributed by atoms with Crippen molar-refractivity contribution in [1.82, 2.24) is 0 Å². The Balaban J connectivity index is 3.29. The Hall–Kier alpha value is -1.47. The number of hydrogen-bond donors (Lipinski definition) is 1. The van der Waals surface area contributed by atoms with Gasteiger partial charge >= 0.3 is 0 Å². The van der Waals surface area contributed by atoms with E-state index in [1.165, 1.54) is 0 Å². The van der Waals surface area contributed by atoms with Crippen molar-refractivity contribution in [2.75, 3.05) is 0 Å². The third-order valence-electron chi connectivity index (χ3n) is 1.15. The van der Waals surface area contributed by atoms with Gasteiger partial charge in [-0.3, -0.25) is 14.7 Å². The van der Waals surface area contributed by atoms with E-state index in [1.807, 2.05) is 6.07 Å². The lowest BCUT2D eigenvalue weighted by molar-refractivity contribution is -0.385. The fourth-order valence-corrected chi connectivity index (χ4v) is 1.09. The summed E-state index contributed by atoms with van der Waals surface area (Å²) in [4.78, 5) is 8.61. The standard InChI is InChI=1S/C6H3NO5S/c8-7(9)5-2-1-3-6(4-5)13(10,11)12/h1-2H,(H,10,11,12). The smallest absolute Gasteiger partial charge is 0.282 e. The monoisotopic (exact) mass is 201 g/mol. The Morgan fingerprint density at radius 3 is 2.62 bits per heavy atom. The largest absolute Gasteiger partial charge is 0.296 e. The van der Waals surface area contributed by atoms with Crippen LogP contribution in [0, 0.1) is 22.2 Å². The molecule has 7 heteroatoms. The van der Waals surface area contributed by atoms with Gasteiger partial charge in [-0.1, -0.05) is 0 Å². The van der Waals surface area contributed by atoms with Gasteiger partial charge in [-0.25, -0.2) is 0 Å². The summed E-state index contributed by atoms with van der Waals surface area (Å²) < 4.78 is 29.4. The van der Waals surface area contributed by atoms with Gasteiger partial charge in [0.15, 0.2) is 0 Å². The van der Waals surface area contributed by atoms with E-state index in [9.17, 15) is 18.5 Å². The van der Waals surface area contributed by atoms with Crippen molar-refractivity contribution in [3.05, 3.63) is 34.4 Å². The van der Waals surface area contributed by atoms with Crippen molar-refractivity contribution in [3.8, 4) is 0 Å². The normalized spacial score (nSPS) is 11.2. The van der Waals surface area contributed by atoms with Gasteiger partial charge in [-0.05, 0) is 6.07 Å². The van der Waals surface area contributed by atoms with Crippen LogP contribution in [0.1, 0.15) is 0 Å². The van der Waals surface area contributed by atoms with Gasteiger partial charge in [-0.15, -0.1) is 0 Å². The number of rotatable bonds is 2. The van der Waals surface area contributed by atoms with Crippen LogP contribution in [0.15, 0.2) is 17.0 Å². The molecule has 0 spiro atoms. The van der Waals surface area contributed by atoms with Crippen LogP contribution in [-0.4, -0.2) is 17.9 Å². The lowest BCUT2D eigenvalue weighted by atomic mass is 10.3. The van der Waals surface area contributed by atoms with Gasteiger partial charge in [0.2, 0.25) is 0 Å². The van der Waals surface area contributed by atoms with Crippen LogP contribution in [0.3, 0.4) is 0 Å². The van der Waals surface area contributed by atoms with Crippen LogP contribution in [0.5, 0.6) is 0 Å². The van der Waals surface area contributed by atoms with Gasteiger partial charge in [0.25, 0.3) is 15.8 Å². The summed E-state index contributed by atoms with van der Waals surface area (Å²) in [6.45, 7) is 0. The quantitative estimate of drug-likeness (QED) is 0.425. The van der Waals surface area contributed by atoms with Crippen LogP contribution >= 0.6 is 0 Å². The molecule has 68 valence electrons. The van der Waals surface area contributed by atoms with Crippen molar-refractivity contribution in [2.24, 2.45) is 0 Å². The number of benzene rings is 1. The second kappa shape index (κ2) is 3.11. The van der Waals surface area contributed by atoms with Crippen LogP contribution in [-0.2, 0) is 10.1 Å². The van der Waals surface area contributed by atoms with Gasteiger partial charge in [0, 0.05) is 12.1 Å². The highest BCUT2D eigenvalue weighted by molar-refractivity contribution is 7.85. The van der Waals surface area contributed by atoms with Crippen molar-refractivity contribution in [3.63, 3.8) is 0 Å². The third kappa shape index (κ3) is 2.23. The highest BCUT2D eigenvalue weighted by Crippen LogP contribution is 2.14. The van der Waals surface area contributed by atoms with E-state index in [1.54, 1.807) is 0 Å².